The quantitative estimate of drug-likeness (QED) is 0.411. The van der Waals surface area contributed by atoms with Gasteiger partial charge in [-0.1, -0.05) is 20.7 Å². The number of hydrogen-bond acceptors (Lipinski definition) is 7. The molecule has 0 saturated carbocycles. The Morgan fingerprint density at radius 3 is 3.04 bits per heavy atom. The third kappa shape index (κ3) is 6.68. The van der Waals surface area contributed by atoms with Gasteiger partial charge in [0.1, 0.15) is 13.2 Å². The van der Waals surface area contributed by atoms with Crippen molar-refractivity contribution in [3.8, 4) is 0 Å². The van der Waals surface area contributed by atoms with E-state index in [0.29, 0.717) is 5.95 Å². The summed E-state index contributed by atoms with van der Waals surface area (Å²) in [6.45, 7) is -0.846. The third-order valence-corrected chi connectivity index (χ3v) is 7.88. The minimum atomic E-state index is -2.71. The van der Waals surface area contributed by atoms with Crippen LogP contribution in [0.3, 0.4) is 0 Å². The maximum absolute atomic E-state index is 12.4. The maximum atomic E-state index is 12.4. The monoisotopic (exact) mass is 595 g/mol. The lowest BCUT2D eigenvalue weighted by molar-refractivity contribution is 0.164. The fourth-order valence-corrected chi connectivity index (χ4v) is 9.09. The summed E-state index contributed by atoms with van der Waals surface area (Å²) >= 11 is 7.00. The number of nitrogens with one attached hydrogen (secondary N) is 1. The molecule has 1 aromatic heterocycles. The number of amides is 1. The number of halogens is 3. The third-order valence-electron chi connectivity index (χ3n) is 2.35. The van der Waals surface area contributed by atoms with Crippen molar-refractivity contribution >= 4 is 76.5 Å². The summed E-state index contributed by atoms with van der Waals surface area (Å²) in [5, 5.41) is 3.10. The molecule has 12 heteroatoms. The topological polar surface area (TPSA) is 106 Å². The van der Waals surface area contributed by atoms with Crippen molar-refractivity contribution < 1.29 is 13.7 Å². The molecular weight excluding hydrogens is 583 g/mol. The highest BCUT2D eigenvalue weighted by Gasteiger charge is 2.13. The number of hydrogen-bond donors (Lipinski definition) is 1. The number of allylic oxidation sites excluding steroid dienone is 2. The van der Waals surface area contributed by atoms with Crippen LogP contribution >= 0.6 is 53.5 Å². The molecule has 1 aliphatic heterocycles. The lowest BCUT2D eigenvalue weighted by atomic mass is 10.3. The van der Waals surface area contributed by atoms with Crippen LogP contribution in [0.5, 0.6) is 0 Å². The van der Waals surface area contributed by atoms with Crippen molar-refractivity contribution in [2.24, 2.45) is 4.36 Å². The van der Waals surface area contributed by atoms with Gasteiger partial charge in [-0.2, -0.15) is 4.98 Å². The molecule has 0 fully saturated rings. The van der Waals surface area contributed by atoms with E-state index in [2.05, 4.69) is 24.6 Å². The number of nitrogens with zero attached hydrogens (tertiary/aromatic N) is 4. The second-order valence-electron chi connectivity index (χ2n) is 4.15. The Bertz CT molecular complexity index is 849. The van der Waals surface area contributed by atoms with E-state index in [4.69, 9.17) is 16.3 Å². The van der Waals surface area contributed by atoms with Crippen molar-refractivity contribution in [1.82, 2.24) is 15.0 Å². The molecule has 24 heavy (non-hydrogen) atoms. The van der Waals surface area contributed by atoms with Gasteiger partial charge in [-0.3, -0.25) is 0 Å². The zero-order chi connectivity index (χ0) is 17.6. The molecule has 1 unspecified atom stereocenters. The fourth-order valence-electron chi connectivity index (χ4n) is 1.51. The Kier molecular flexibility index (Phi) is 7.49. The summed E-state index contributed by atoms with van der Waals surface area (Å²) in [5.41, 5.74) is 0.737. The van der Waals surface area contributed by atoms with Crippen molar-refractivity contribution in [1.29, 1.82) is 0 Å². The molecule has 1 aliphatic rings. The molecule has 130 valence electrons. The Labute approximate surface area is 166 Å². The van der Waals surface area contributed by atoms with E-state index >= 15 is 0 Å². The van der Waals surface area contributed by atoms with Gasteiger partial charge in [0.15, 0.2) is 0 Å². The van der Waals surface area contributed by atoms with E-state index in [1.54, 1.807) is 28.1 Å². The number of carbonyl (C=O) groups excluding carboxylic acids is 1. The van der Waals surface area contributed by atoms with Gasteiger partial charge < -0.3 is 10.1 Å². The number of aromatic nitrogens is 3. The minimum absolute atomic E-state index is 0.0908. The van der Waals surface area contributed by atoms with Crippen LogP contribution in [0.15, 0.2) is 32.1 Å². The zero-order valence-corrected chi connectivity index (χ0v) is 18.2. The number of ether oxygens (including phenoxy) is 1. The molecule has 0 aromatic carbocycles. The van der Waals surface area contributed by atoms with E-state index in [1.807, 2.05) is 16.2 Å². The number of carbonyl (C=O) groups is 1. The van der Waals surface area contributed by atoms with Gasteiger partial charge in [0.05, 0.1) is 12.4 Å². The summed E-state index contributed by atoms with van der Waals surface area (Å²) in [7, 11) is 0. The first kappa shape index (κ1) is 19.7. The predicted octanol–water partition coefficient (Wildman–Crippen LogP) is 3.47. The van der Waals surface area contributed by atoms with Crippen molar-refractivity contribution in [2.75, 3.05) is 17.7 Å². The van der Waals surface area contributed by atoms with E-state index in [0.717, 1.165) is 9.28 Å². The molecule has 0 radical (unpaired) electrons. The van der Waals surface area contributed by atoms with Gasteiger partial charge in [0.25, 0.3) is 0 Å². The smallest absolute Gasteiger partial charge is 0.442 e. The molecule has 2 heterocycles. The van der Waals surface area contributed by atoms with Crippen LogP contribution in [0.4, 0.5) is 10.7 Å². The summed E-state index contributed by atoms with van der Waals surface area (Å²) in [6, 6.07) is 0. The summed E-state index contributed by atoms with van der Waals surface area (Å²) in [6.07, 6.45) is 4.26. The first-order valence-electron chi connectivity index (χ1n) is 6.48. The Morgan fingerprint density at radius 2 is 2.33 bits per heavy atom. The molecule has 0 spiro atoms. The SMILES string of the molecule is CCOC(=O)N=S(=O)(I)CC1=CC(Nc2ncnc(Cl)n2)=CC=I1. The highest BCUT2D eigenvalue weighted by atomic mass is 127. The Hall–Kier alpha value is -0.670. The van der Waals surface area contributed by atoms with Crippen LogP contribution in [0.2, 0.25) is 5.28 Å². The van der Waals surface area contributed by atoms with Gasteiger partial charge in [0, 0.05) is 30.5 Å². The molecule has 8 nitrogen and oxygen atoms in total. The highest BCUT2D eigenvalue weighted by Crippen LogP contribution is 2.26. The molecule has 0 saturated heterocycles. The van der Waals surface area contributed by atoms with Crippen LogP contribution in [0, 0.1) is 0 Å². The summed E-state index contributed by atoms with van der Waals surface area (Å²) < 4.78 is 23.8. The lowest BCUT2D eigenvalue weighted by Crippen LogP contribution is -2.07. The lowest BCUT2D eigenvalue weighted by Gasteiger charge is -2.10. The van der Waals surface area contributed by atoms with Crippen LogP contribution in [0.1, 0.15) is 6.92 Å². The average molecular weight is 596 g/mol. The average Bonchev–Trinajstić information content (AvgIpc) is 2.46. The normalized spacial score (nSPS) is 16.1. The van der Waals surface area contributed by atoms with Crippen molar-refractivity contribution in [3.05, 3.63) is 33.0 Å². The highest BCUT2D eigenvalue weighted by molar-refractivity contribution is 14.2. The molecule has 1 N–H and O–H groups in total. The van der Waals surface area contributed by atoms with Crippen molar-refractivity contribution in [3.63, 3.8) is 0 Å². The molecule has 0 bridgehead atoms. The molecule has 2 rings (SSSR count). The minimum Gasteiger partial charge on any atom is -0.448 e. The van der Waals surface area contributed by atoms with Gasteiger partial charge in [-0.05, 0) is 34.7 Å². The van der Waals surface area contributed by atoms with Crippen LogP contribution in [-0.2, 0) is 11.6 Å². The molecular formula is C12H12ClI2N5O3S. The van der Waals surface area contributed by atoms with E-state index < -0.39 is 33.7 Å². The van der Waals surface area contributed by atoms with E-state index in [9.17, 15) is 9.00 Å². The molecule has 1 atom stereocenters. The van der Waals surface area contributed by atoms with Gasteiger partial charge in [-0.15, -0.1) is 4.36 Å². The zero-order valence-electron chi connectivity index (χ0n) is 12.3. The first-order valence-corrected chi connectivity index (χ1v) is 13.4. The van der Waals surface area contributed by atoms with Crippen LogP contribution < -0.4 is 5.32 Å². The van der Waals surface area contributed by atoms with E-state index in [1.165, 1.54) is 6.33 Å². The molecule has 0 aliphatic carbocycles. The maximum Gasteiger partial charge on any atom is 0.442 e. The van der Waals surface area contributed by atoms with Gasteiger partial charge in [0.2, 0.25) is 11.2 Å². The standard InChI is InChI=1S/C12H12ClI2N5O3S/c1-2-23-12(21)20-24(14,22)6-8-5-9(3-4-15-8)18-11-17-7-16-10(13)19-11/h3-5,7H,2,6H2,1H3,(H,16,17,18,19). The van der Waals surface area contributed by atoms with E-state index in [-0.39, 0.29) is 17.6 Å². The van der Waals surface area contributed by atoms with Crippen molar-refractivity contribution in [2.45, 2.75) is 6.92 Å². The second kappa shape index (κ2) is 9.15. The fraction of sp³-hybridized carbons (Fsp3) is 0.250. The predicted molar refractivity (Wildman–Crippen MR) is 111 cm³/mol. The van der Waals surface area contributed by atoms with Crippen LogP contribution in [0.25, 0.3) is 0 Å². The number of rotatable bonds is 5. The number of anilines is 1. The van der Waals surface area contributed by atoms with Crippen LogP contribution in [-0.4, -0.2) is 41.6 Å². The first-order chi connectivity index (χ1) is 11.4. The summed E-state index contributed by atoms with van der Waals surface area (Å²) in [4.78, 5) is 23.0. The second-order valence-corrected chi connectivity index (χ2v) is 12.9. The molecule has 1 amide bonds. The van der Waals surface area contributed by atoms with Gasteiger partial charge >= 0.3 is 6.09 Å². The Morgan fingerprint density at radius 1 is 1.54 bits per heavy atom. The summed E-state index contributed by atoms with van der Waals surface area (Å²) in [5.74, 6) is 0.518. The molecule has 1 aromatic rings. The largest absolute Gasteiger partial charge is 0.448 e. The Balaban J connectivity index is 2.11. The van der Waals surface area contributed by atoms with Gasteiger partial charge in [-0.25, -0.2) is 19.0 Å².